The Morgan fingerprint density at radius 1 is 1.53 bits per heavy atom. The molecule has 15 heavy (non-hydrogen) atoms. The van der Waals surface area contributed by atoms with Crippen LogP contribution >= 0.6 is 0 Å². The van der Waals surface area contributed by atoms with Crippen LogP contribution in [-0.2, 0) is 6.42 Å². The fraction of sp³-hybridized carbons (Fsp3) is 0.667. The third-order valence-electron chi connectivity index (χ3n) is 3.43. The lowest BCUT2D eigenvalue weighted by Gasteiger charge is -2.39. The van der Waals surface area contributed by atoms with E-state index in [2.05, 4.69) is 18.7 Å². The van der Waals surface area contributed by atoms with E-state index in [9.17, 15) is 5.11 Å². The molecule has 0 aromatic carbocycles. The first-order valence-corrected chi connectivity index (χ1v) is 5.38. The topological polar surface area (TPSA) is 36.6 Å². The van der Waals surface area contributed by atoms with Crippen LogP contribution in [0.15, 0.2) is 22.8 Å². The van der Waals surface area contributed by atoms with E-state index in [1.165, 1.54) is 0 Å². The standard InChI is InChI=1S/C12H21NO2/c1-5-12(2,13(3)4)11(14)9-10-7-6-8-15-10/h6-8,11,14H,5,9H2,1-4H3. The van der Waals surface area contributed by atoms with E-state index >= 15 is 0 Å². The Kier molecular flexibility index (Phi) is 3.94. The van der Waals surface area contributed by atoms with Gasteiger partial charge < -0.3 is 14.4 Å². The first-order valence-electron chi connectivity index (χ1n) is 5.38. The normalized spacial score (nSPS) is 17.7. The number of furan rings is 1. The summed E-state index contributed by atoms with van der Waals surface area (Å²) in [6.07, 6.45) is 2.70. The van der Waals surface area contributed by atoms with E-state index < -0.39 is 6.10 Å². The van der Waals surface area contributed by atoms with E-state index in [1.54, 1.807) is 6.26 Å². The maximum atomic E-state index is 10.2. The summed E-state index contributed by atoms with van der Waals surface area (Å²) < 4.78 is 5.25. The summed E-state index contributed by atoms with van der Waals surface area (Å²) in [6.45, 7) is 4.16. The largest absolute Gasteiger partial charge is 0.469 e. The number of aliphatic hydroxyl groups excluding tert-OH is 1. The summed E-state index contributed by atoms with van der Waals surface area (Å²) in [7, 11) is 3.99. The minimum absolute atomic E-state index is 0.202. The molecule has 0 fully saturated rings. The van der Waals surface area contributed by atoms with Crippen molar-refractivity contribution in [2.75, 3.05) is 14.1 Å². The lowest BCUT2D eigenvalue weighted by Crippen LogP contribution is -2.51. The van der Waals surface area contributed by atoms with Gasteiger partial charge in [0.1, 0.15) is 5.76 Å². The highest BCUT2D eigenvalue weighted by atomic mass is 16.3. The second-order valence-corrected chi connectivity index (χ2v) is 4.40. The molecule has 0 bridgehead atoms. The highest BCUT2D eigenvalue weighted by molar-refractivity contribution is 5.03. The molecule has 0 spiro atoms. The van der Waals surface area contributed by atoms with Crippen molar-refractivity contribution in [3.63, 3.8) is 0 Å². The van der Waals surface area contributed by atoms with Crippen molar-refractivity contribution in [3.05, 3.63) is 24.2 Å². The van der Waals surface area contributed by atoms with Crippen LogP contribution in [0, 0.1) is 0 Å². The van der Waals surface area contributed by atoms with Gasteiger partial charge in [-0.25, -0.2) is 0 Å². The highest BCUT2D eigenvalue weighted by Gasteiger charge is 2.33. The predicted octanol–water partition coefficient (Wildman–Crippen LogP) is 1.91. The molecular weight excluding hydrogens is 190 g/mol. The second kappa shape index (κ2) is 4.81. The van der Waals surface area contributed by atoms with Gasteiger partial charge in [-0.1, -0.05) is 6.92 Å². The molecular formula is C12H21NO2. The van der Waals surface area contributed by atoms with Crippen molar-refractivity contribution < 1.29 is 9.52 Å². The number of nitrogens with zero attached hydrogens (tertiary/aromatic N) is 1. The number of likely N-dealkylation sites (N-methyl/N-ethyl adjacent to an activating group) is 1. The van der Waals surface area contributed by atoms with Crippen LogP contribution in [0.4, 0.5) is 0 Å². The van der Waals surface area contributed by atoms with Gasteiger partial charge in [0.2, 0.25) is 0 Å². The Balaban J connectivity index is 2.69. The number of hydrogen-bond acceptors (Lipinski definition) is 3. The zero-order valence-corrected chi connectivity index (χ0v) is 10.0. The van der Waals surface area contributed by atoms with Crippen LogP contribution in [0.3, 0.4) is 0 Å². The van der Waals surface area contributed by atoms with Crippen LogP contribution in [0.1, 0.15) is 26.0 Å². The van der Waals surface area contributed by atoms with Gasteiger partial charge in [-0.15, -0.1) is 0 Å². The van der Waals surface area contributed by atoms with Crippen molar-refractivity contribution in [1.29, 1.82) is 0 Å². The van der Waals surface area contributed by atoms with Gasteiger partial charge in [-0.2, -0.15) is 0 Å². The van der Waals surface area contributed by atoms with Crippen LogP contribution in [0.25, 0.3) is 0 Å². The lowest BCUT2D eigenvalue weighted by atomic mass is 9.88. The molecule has 0 radical (unpaired) electrons. The Morgan fingerprint density at radius 2 is 2.20 bits per heavy atom. The summed E-state index contributed by atoms with van der Waals surface area (Å²) in [6, 6.07) is 3.75. The van der Waals surface area contributed by atoms with E-state index in [4.69, 9.17) is 4.42 Å². The molecule has 2 unspecified atom stereocenters. The van der Waals surface area contributed by atoms with Crippen LogP contribution < -0.4 is 0 Å². The van der Waals surface area contributed by atoms with E-state index in [1.807, 2.05) is 26.2 Å². The van der Waals surface area contributed by atoms with Gasteiger partial charge in [0.15, 0.2) is 0 Å². The summed E-state index contributed by atoms with van der Waals surface area (Å²) in [5.74, 6) is 0.837. The van der Waals surface area contributed by atoms with E-state index in [0.29, 0.717) is 6.42 Å². The Bertz CT molecular complexity index is 282. The van der Waals surface area contributed by atoms with Crippen molar-refractivity contribution in [3.8, 4) is 0 Å². The molecule has 3 heteroatoms. The third kappa shape index (κ3) is 2.61. The minimum atomic E-state index is -0.413. The average Bonchev–Trinajstić information content (AvgIpc) is 2.68. The van der Waals surface area contributed by atoms with Crippen molar-refractivity contribution in [1.82, 2.24) is 4.90 Å². The zero-order chi connectivity index (χ0) is 11.5. The van der Waals surface area contributed by atoms with E-state index in [-0.39, 0.29) is 5.54 Å². The van der Waals surface area contributed by atoms with Gasteiger partial charge in [0, 0.05) is 12.0 Å². The zero-order valence-electron chi connectivity index (χ0n) is 10.0. The van der Waals surface area contributed by atoms with Crippen LogP contribution in [0.2, 0.25) is 0 Å². The maximum Gasteiger partial charge on any atom is 0.106 e. The average molecular weight is 211 g/mol. The fourth-order valence-electron chi connectivity index (χ4n) is 1.69. The Labute approximate surface area is 91.7 Å². The van der Waals surface area contributed by atoms with Gasteiger partial charge in [-0.3, -0.25) is 0 Å². The monoisotopic (exact) mass is 211 g/mol. The smallest absolute Gasteiger partial charge is 0.106 e. The van der Waals surface area contributed by atoms with Crippen molar-refractivity contribution in [2.45, 2.75) is 38.3 Å². The maximum absolute atomic E-state index is 10.2. The predicted molar refractivity (Wildman–Crippen MR) is 60.8 cm³/mol. The highest BCUT2D eigenvalue weighted by Crippen LogP contribution is 2.23. The fourth-order valence-corrected chi connectivity index (χ4v) is 1.69. The van der Waals surface area contributed by atoms with E-state index in [0.717, 1.165) is 12.2 Å². The SMILES string of the molecule is CCC(C)(C(O)Cc1ccco1)N(C)C. The molecule has 2 atom stereocenters. The third-order valence-corrected chi connectivity index (χ3v) is 3.43. The van der Waals surface area contributed by atoms with Gasteiger partial charge in [-0.05, 0) is 39.6 Å². The molecule has 0 saturated carbocycles. The molecule has 86 valence electrons. The second-order valence-electron chi connectivity index (χ2n) is 4.40. The first-order chi connectivity index (χ1) is 7.00. The molecule has 0 amide bonds. The molecule has 1 aromatic heterocycles. The first kappa shape index (κ1) is 12.3. The summed E-state index contributed by atoms with van der Waals surface area (Å²) in [5, 5.41) is 10.2. The quantitative estimate of drug-likeness (QED) is 0.808. The summed E-state index contributed by atoms with van der Waals surface area (Å²) >= 11 is 0. The molecule has 1 heterocycles. The molecule has 0 aliphatic rings. The molecule has 0 saturated heterocycles. The molecule has 1 N–H and O–H groups in total. The number of aliphatic hydroxyl groups is 1. The van der Waals surface area contributed by atoms with Crippen molar-refractivity contribution in [2.24, 2.45) is 0 Å². The van der Waals surface area contributed by atoms with Gasteiger partial charge in [0.25, 0.3) is 0 Å². The number of rotatable bonds is 5. The van der Waals surface area contributed by atoms with Crippen molar-refractivity contribution >= 4 is 0 Å². The molecule has 3 nitrogen and oxygen atoms in total. The molecule has 0 aliphatic heterocycles. The van der Waals surface area contributed by atoms with Gasteiger partial charge >= 0.3 is 0 Å². The lowest BCUT2D eigenvalue weighted by molar-refractivity contribution is 0.000296. The molecule has 1 aromatic rings. The minimum Gasteiger partial charge on any atom is -0.469 e. The summed E-state index contributed by atoms with van der Waals surface area (Å²) in [4.78, 5) is 2.07. The Hall–Kier alpha value is -0.800. The molecule has 0 aliphatic carbocycles. The number of hydrogen-bond donors (Lipinski definition) is 1. The van der Waals surface area contributed by atoms with Crippen LogP contribution in [-0.4, -0.2) is 35.7 Å². The Morgan fingerprint density at radius 3 is 2.60 bits per heavy atom. The van der Waals surface area contributed by atoms with Gasteiger partial charge in [0.05, 0.1) is 12.4 Å². The summed E-state index contributed by atoms with van der Waals surface area (Å²) in [5.41, 5.74) is -0.202. The van der Waals surface area contributed by atoms with Crippen LogP contribution in [0.5, 0.6) is 0 Å². The molecule has 1 rings (SSSR count).